The van der Waals surface area contributed by atoms with E-state index in [2.05, 4.69) is 4.98 Å². The fraction of sp³-hybridized carbons (Fsp3) is 0.500. The number of halogens is 1. The van der Waals surface area contributed by atoms with Gasteiger partial charge in [0.25, 0.3) is 0 Å². The number of phosphoric ester groups is 1. The molecule has 3 saturated heterocycles. The highest BCUT2D eigenvalue weighted by atomic mass is 35.5. The van der Waals surface area contributed by atoms with Gasteiger partial charge < -0.3 is 19.9 Å². The Balaban J connectivity index is 1.25. The van der Waals surface area contributed by atoms with Gasteiger partial charge >= 0.3 is 19.7 Å². The number of fused-ring (bicyclic) bond motifs is 2. The van der Waals surface area contributed by atoms with Crippen molar-refractivity contribution in [1.29, 1.82) is 0 Å². The molecule has 12 nitrogen and oxygen atoms in total. The van der Waals surface area contributed by atoms with Crippen molar-refractivity contribution in [2.24, 2.45) is 0 Å². The standard InChI is InChI=1S/C22H23ClN3O9P/c1-11-7-12(9-13(23)8-11)14-4-6-30-36(29,34-14)35-15-10-22(15)17-21(2,33-20(28)31-17)18(32-22)26-5-3-16(24)25-19(26)27/h3,5,7-9,14-15,17-18H,4,6,10H2,1-2H3,(H2,24,25,27)/t14?,15?,17-,18+,21+,22?,36?/m0/s1. The molecule has 7 atom stereocenters. The molecule has 0 bridgehead atoms. The Labute approximate surface area is 210 Å². The van der Waals surface area contributed by atoms with E-state index in [-0.39, 0.29) is 18.8 Å². The molecule has 2 aromatic rings. The van der Waals surface area contributed by atoms with E-state index in [0.29, 0.717) is 11.4 Å². The second-order valence-corrected chi connectivity index (χ2v) is 11.5. The lowest BCUT2D eigenvalue weighted by atomic mass is 9.95. The predicted molar refractivity (Wildman–Crippen MR) is 123 cm³/mol. The molecule has 1 aromatic heterocycles. The molecule has 1 aromatic carbocycles. The van der Waals surface area contributed by atoms with E-state index in [4.69, 9.17) is 45.1 Å². The summed E-state index contributed by atoms with van der Waals surface area (Å²) in [6, 6.07) is 6.88. The average Bonchev–Trinajstić information content (AvgIpc) is 3.27. The molecule has 4 fully saturated rings. The third-order valence-corrected chi connectivity index (χ3v) is 8.62. The molecule has 0 amide bonds. The van der Waals surface area contributed by atoms with Gasteiger partial charge in [-0.2, -0.15) is 4.98 Å². The summed E-state index contributed by atoms with van der Waals surface area (Å²) in [6.07, 6.45) is -2.25. The molecule has 6 rings (SSSR count). The molecule has 0 radical (unpaired) electrons. The van der Waals surface area contributed by atoms with Crippen molar-refractivity contribution < 1.29 is 37.1 Å². The summed E-state index contributed by atoms with van der Waals surface area (Å²) in [5.74, 6) is 0.0344. The van der Waals surface area contributed by atoms with Crippen LogP contribution in [0.3, 0.4) is 0 Å². The van der Waals surface area contributed by atoms with Gasteiger partial charge in [0.05, 0.1) is 12.7 Å². The van der Waals surface area contributed by atoms with Gasteiger partial charge in [0, 0.05) is 24.1 Å². The molecular weight excluding hydrogens is 517 g/mol. The second kappa shape index (κ2) is 8.01. The number of aromatic nitrogens is 2. The van der Waals surface area contributed by atoms with E-state index in [1.54, 1.807) is 13.0 Å². The Bertz CT molecular complexity index is 1350. The first kappa shape index (κ1) is 23.9. The van der Waals surface area contributed by atoms with Crippen LogP contribution in [0, 0.1) is 6.92 Å². The van der Waals surface area contributed by atoms with E-state index in [1.807, 2.05) is 19.1 Å². The number of ether oxygens (including phenoxy) is 3. The first-order chi connectivity index (χ1) is 17.0. The van der Waals surface area contributed by atoms with Gasteiger partial charge in [0.1, 0.15) is 17.5 Å². The smallest absolute Gasteiger partial charge is 0.423 e. The number of nitrogen functional groups attached to an aromatic ring is 1. The maximum absolute atomic E-state index is 13.5. The zero-order valence-corrected chi connectivity index (χ0v) is 20.9. The Kier molecular flexibility index (Phi) is 5.32. The molecule has 192 valence electrons. The van der Waals surface area contributed by atoms with Gasteiger partial charge in [-0.25, -0.2) is 14.2 Å². The van der Waals surface area contributed by atoms with Crippen molar-refractivity contribution in [3.63, 3.8) is 0 Å². The molecule has 1 spiro atoms. The van der Waals surface area contributed by atoms with E-state index < -0.39 is 55.4 Å². The topological polar surface area (TPSA) is 150 Å². The predicted octanol–water partition coefficient (Wildman–Crippen LogP) is 3.42. The number of nitrogens with two attached hydrogens (primary N) is 1. The first-order valence-corrected chi connectivity index (χ1v) is 13.2. The SMILES string of the molecule is Cc1cc(Cl)cc(C2CCOP(=O)(OC3CC34O[C@@H](n3ccc(N)nc3=O)[C@]3(C)OC(=O)O[C@H]43)O2)c1. The van der Waals surface area contributed by atoms with Crippen molar-refractivity contribution in [3.8, 4) is 0 Å². The summed E-state index contributed by atoms with van der Waals surface area (Å²) in [6.45, 7) is 3.63. The Morgan fingerprint density at radius 1 is 1.31 bits per heavy atom. The first-order valence-electron chi connectivity index (χ1n) is 11.3. The molecule has 3 aliphatic heterocycles. The van der Waals surface area contributed by atoms with Crippen LogP contribution in [0.15, 0.2) is 35.3 Å². The van der Waals surface area contributed by atoms with Crippen LogP contribution in [-0.4, -0.2) is 45.7 Å². The van der Waals surface area contributed by atoms with Gasteiger partial charge in [-0.05, 0) is 43.2 Å². The fourth-order valence-electron chi connectivity index (χ4n) is 5.22. The molecule has 1 saturated carbocycles. The number of hydrogen-bond donors (Lipinski definition) is 1. The van der Waals surface area contributed by atoms with Crippen LogP contribution in [0.5, 0.6) is 0 Å². The molecular formula is C22H23ClN3O9P. The number of anilines is 1. The summed E-state index contributed by atoms with van der Waals surface area (Å²) < 4.78 is 48.9. The van der Waals surface area contributed by atoms with E-state index in [1.165, 1.54) is 16.8 Å². The van der Waals surface area contributed by atoms with Crippen molar-refractivity contribution in [2.45, 2.75) is 62.4 Å². The van der Waals surface area contributed by atoms with Crippen LogP contribution in [0.25, 0.3) is 0 Å². The summed E-state index contributed by atoms with van der Waals surface area (Å²) in [7, 11) is -4.02. The molecule has 14 heteroatoms. The summed E-state index contributed by atoms with van der Waals surface area (Å²) in [5.41, 5.74) is 4.01. The van der Waals surface area contributed by atoms with Crippen molar-refractivity contribution in [1.82, 2.24) is 9.55 Å². The third kappa shape index (κ3) is 3.75. The van der Waals surface area contributed by atoms with Gasteiger partial charge in [0.15, 0.2) is 17.9 Å². The van der Waals surface area contributed by atoms with Crippen LogP contribution in [0.2, 0.25) is 5.02 Å². The number of carbonyl (C=O) groups is 1. The second-order valence-electron chi connectivity index (χ2n) is 9.52. The third-order valence-electron chi connectivity index (χ3n) is 6.87. The van der Waals surface area contributed by atoms with E-state index in [0.717, 1.165) is 11.1 Å². The number of hydrogen-bond acceptors (Lipinski definition) is 11. The number of nitrogens with zero attached hydrogens (tertiary/aromatic N) is 2. The molecule has 1 aliphatic carbocycles. The highest BCUT2D eigenvalue weighted by molar-refractivity contribution is 7.48. The van der Waals surface area contributed by atoms with Gasteiger partial charge in [-0.3, -0.25) is 18.1 Å². The highest BCUT2D eigenvalue weighted by Crippen LogP contribution is 2.68. The van der Waals surface area contributed by atoms with Crippen LogP contribution in [-0.2, 0) is 32.3 Å². The van der Waals surface area contributed by atoms with E-state index >= 15 is 0 Å². The molecule has 4 heterocycles. The van der Waals surface area contributed by atoms with Gasteiger partial charge in [0.2, 0.25) is 0 Å². The Morgan fingerprint density at radius 3 is 2.86 bits per heavy atom. The molecule has 2 N–H and O–H groups in total. The van der Waals surface area contributed by atoms with Crippen LogP contribution < -0.4 is 11.4 Å². The highest BCUT2D eigenvalue weighted by Gasteiger charge is 2.81. The number of rotatable bonds is 4. The number of aryl methyl sites for hydroxylation is 1. The number of carbonyl (C=O) groups excluding carboxylic acids is 1. The molecule has 4 aliphatic rings. The summed E-state index contributed by atoms with van der Waals surface area (Å²) in [4.78, 5) is 28.4. The van der Waals surface area contributed by atoms with Crippen LogP contribution in [0.4, 0.5) is 10.6 Å². The minimum Gasteiger partial charge on any atom is -0.423 e. The van der Waals surface area contributed by atoms with Gasteiger partial charge in [-0.15, -0.1) is 0 Å². The summed E-state index contributed by atoms with van der Waals surface area (Å²) in [5, 5.41) is 0.539. The van der Waals surface area contributed by atoms with E-state index in [9.17, 15) is 14.2 Å². The minimum atomic E-state index is -4.02. The lowest BCUT2D eigenvalue weighted by Gasteiger charge is -2.30. The van der Waals surface area contributed by atoms with Crippen molar-refractivity contribution in [2.75, 3.05) is 12.3 Å². The number of phosphoric acid groups is 1. The lowest BCUT2D eigenvalue weighted by Crippen LogP contribution is -2.45. The van der Waals surface area contributed by atoms with Gasteiger partial charge in [-0.1, -0.05) is 17.7 Å². The van der Waals surface area contributed by atoms with Crippen molar-refractivity contribution >= 4 is 31.4 Å². The Morgan fingerprint density at radius 2 is 2.11 bits per heavy atom. The molecule has 36 heavy (non-hydrogen) atoms. The fourth-order valence-corrected chi connectivity index (χ4v) is 7.12. The largest absolute Gasteiger partial charge is 0.509 e. The maximum atomic E-state index is 13.5. The number of benzene rings is 1. The lowest BCUT2D eigenvalue weighted by molar-refractivity contribution is -0.104. The quantitative estimate of drug-likeness (QED) is 0.449. The maximum Gasteiger partial charge on any atom is 0.509 e. The Hall–Kier alpha value is -2.47. The normalized spacial score (nSPS) is 39.0. The zero-order valence-electron chi connectivity index (χ0n) is 19.3. The minimum absolute atomic E-state index is 0.0344. The van der Waals surface area contributed by atoms with Crippen LogP contribution in [0.1, 0.15) is 43.2 Å². The zero-order chi connectivity index (χ0) is 25.5. The molecule has 4 unspecified atom stereocenters. The average molecular weight is 540 g/mol. The summed E-state index contributed by atoms with van der Waals surface area (Å²) >= 11 is 6.18. The van der Waals surface area contributed by atoms with Crippen LogP contribution >= 0.6 is 19.4 Å². The van der Waals surface area contributed by atoms with Crippen molar-refractivity contribution in [3.05, 3.63) is 57.1 Å². The monoisotopic (exact) mass is 539 g/mol.